The summed E-state index contributed by atoms with van der Waals surface area (Å²) in [4.78, 5) is 10.3. The number of allylic oxidation sites excluding steroid dienone is 3. The van der Waals surface area contributed by atoms with Crippen molar-refractivity contribution in [1.29, 1.82) is 0 Å². The summed E-state index contributed by atoms with van der Waals surface area (Å²) in [5.74, 6) is 0.0717. The summed E-state index contributed by atoms with van der Waals surface area (Å²) in [6, 6.07) is 0. The Balaban J connectivity index is 3.94. The second kappa shape index (κ2) is 3.19. The Morgan fingerprint density at radius 1 is 1.50 bits per heavy atom. The van der Waals surface area contributed by atoms with Crippen molar-refractivity contribution in [3.8, 4) is 0 Å². The molecule has 44 valence electrons. The van der Waals surface area contributed by atoms with Gasteiger partial charge in [-0.05, 0) is 25.5 Å². The molecule has 0 aromatic carbocycles. The molecule has 0 aliphatic carbocycles. The van der Waals surface area contributed by atoms with E-state index in [1.807, 2.05) is 6.92 Å². The minimum atomic E-state index is 0.0717. The highest BCUT2D eigenvalue weighted by molar-refractivity contribution is 5.88. The Morgan fingerprint density at radius 3 is 2.12 bits per heavy atom. The lowest BCUT2D eigenvalue weighted by Crippen LogP contribution is -1.81. The van der Waals surface area contributed by atoms with E-state index < -0.39 is 0 Å². The molecule has 8 heavy (non-hydrogen) atoms. The number of carbonyl (C=O) groups excluding carboxylic acids is 1. The molecule has 0 aliphatic heterocycles. The lowest BCUT2D eigenvalue weighted by Gasteiger charge is -1.83. The van der Waals surface area contributed by atoms with Crippen molar-refractivity contribution in [3.63, 3.8) is 0 Å². The van der Waals surface area contributed by atoms with Gasteiger partial charge < -0.3 is 0 Å². The minimum absolute atomic E-state index is 0.0717. The van der Waals surface area contributed by atoms with Crippen LogP contribution in [-0.2, 0) is 4.79 Å². The molecule has 0 N–H and O–H groups in total. The molecule has 0 heterocycles. The van der Waals surface area contributed by atoms with Crippen molar-refractivity contribution in [1.82, 2.24) is 0 Å². The zero-order chi connectivity index (χ0) is 6.57. The predicted molar refractivity (Wildman–Crippen MR) is 34.6 cm³/mol. The maximum absolute atomic E-state index is 10.3. The molecule has 0 atom stereocenters. The van der Waals surface area contributed by atoms with Crippen LogP contribution in [0.15, 0.2) is 24.3 Å². The smallest absolute Gasteiger partial charge is 0.152 e. The van der Waals surface area contributed by atoms with Gasteiger partial charge in [-0.25, -0.2) is 0 Å². The van der Waals surface area contributed by atoms with Crippen LogP contribution >= 0.6 is 0 Å². The summed E-state index contributed by atoms with van der Waals surface area (Å²) < 4.78 is 0. The van der Waals surface area contributed by atoms with E-state index in [1.54, 1.807) is 12.2 Å². The van der Waals surface area contributed by atoms with E-state index in [9.17, 15) is 4.79 Å². The van der Waals surface area contributed by atoms with Gasteiger partial charge in [-0.1, -0.05) is 12.7 Å². The van der Waals surface area contributed by atoms with Gasteiger partial charge in [0.15, 0.2) is 5.78 Å². The topological polar surface area (TPSA) is 17.1 Å². The average Bonchev–Trinajstić information content (AvgIpc) is 1.65. The fourth-order valence-electron chi connectivity index (χ4n) is 0.380. The molecule has 0 aromatic rings. The molecule has 0 radical (unpaired) electrons. The first-order chi connectivity index (χ1) is 3.66. The predicted octanol–water partition coefficient (Wildman–Crippen LogP) is 1.71. The Kier molecular flexibility index (Phi) is 2.85. The third-order valence-electron chi connectivity index (χ3n) is 0.753. The maximum Gasteiger partial charge on any atom is 0.152 e. The van der Waals surface area contributed by atoms with Crippen LogP contribution in [0.25, 0.3) is 0 Å². The first kappa shape index (κ1) is 7.15. The lowest BCUT2D eigenvalue weighted by molar-refractivity contribution is -0.112. The van der Waals surface area contributed by atoms with Crippen LogP contribution in [0.4, 0.5) is 0 Å². The van der Waals surface area contributed by atoms with Gasteiger partial charge in [0, 0.05) is 0 Å². The molecule has 0 aromatic heterocycles. The largest absolute Gasteiger partial charge is 0.295 e. The SMILES string of the molecule is C=C/C(C)=C/C(C)=O. The highest BCUT2D eigenvalue weighted by atomic mass is 16.1. The normalized spacial score (nSPS) is 11.0. The molecule has 0 unspecified atom stereocenters. The Hall–Kier alpha value is -0.850. The fraction of sp³-hybridized carbons (Fsp3) is 0.286. The van der Waals surface area contributed by atoms with E-state index in [4.69, 9.17) is 0 Å². The number of rotatable bonds is 2. The molecule has 0 saturated heterocycles. The number of hydrogen-bond acceptors (Lipinski definition) is 1. The number of hydrogen-bond donors (Lipinski definition) is 0. The highest BCUT2D eigenvalue weighted by Gasteiger charge is 1.82. The summed E-state index contributed by atoms with van der Waals surface area (Å²) in [5, 5.41) is 0. The Morgan fingerprint density at radius 2 is 2.00 bits per heavy atom. The van der Waals surface area contributed by atoms with Crippen LogP contribution in [-0.4, -0.2) is 5.78 Å². The second-order valence-corrected chi connectivity index (χ2v) is 1.70. The molecule has 0 saturated carbocycles. The van der Waals surface area contributed by atoms with Crippen LogP contribution in [0.3, 0.4) is 0 Å². The zero-order valence-corrected chi connectivity index (χ0v) is 5.27. The zero-order valence-electron chi connectivity index (χ0n) is 5.27. The quantitative estimate of drug-likeness (QED) is 0.390. The standard InChI is InChI=1S/C7H10O/c1-4-6(2)5-7(3)8/h4-5H,1H2,2-3H3/b6-5+. The van der Waals surface area contributed by atoms with Gasteiger partial charge in [-0.3, -0.25) is 4.79 Å². The van der Waals surface area contributed by atoms with Gasteiger partial charge in [0.2, 0.25) is 0 Å². The number of ketones is 1. The van der Waals surface area contributed by atoms with Crippen molar-refractivity contribution < 1.29 is 4.79 Å². The lowest BCUT2D eigenvalue weighted by atomic mass is 10.2. The van der Waals surface area contributed by atoms with Gasteiger partial charge in [0.1, 0.15) is 0 Å². The maximum atomic E-state index is 10.3. The Bertz CT molecular complexity index is 131. The van der Waals surface area contributed by atoms with Gasteiger partial charge in [-0.2, -0.15) is 0 Å². The molecular weight excluding hydrogens is 100 g/mol. The van der Waals surface area contributed by atoms with Crippen molar-refractivity contribution in [3.05, 3.63) is 24.3 Å². The van der Waals surface area contributed by atoms with Gasteiger partial charge in [0.05, 0.1) is 0 Å². The van der Waals surface area contributed by atoms with Gasteiger partial charge >= 0.3 is 0 Å². The van der Waals surface area contributed by atoms with E-state index in [2.05, 4.69) is 6.58 Å². The van der Waals surface area contributed by atoms with Crippen molar-refractivity contribution in [2.75, 3.05) is 0 Å². The molecule has 0 bridgehead atoms. The van der Waals surface area contributed by atoms with Crippen LogP contribution in [0.1, 0.15) is 13.8 Å². The van der Waals surface area contributed by atoms with E-state index in [-0.39, 0.29) is 5.78 Å². The molecule has 0 rings (SSSR count). The van der Waals surface area contributed by atoms with Crippen molar-refractivity contribution >= 4 is 5.78 Å². The minimum Gasteiger partial charge on any atom is -0.295 e. The first-order valence-electron chi connectivity index (χ1n) is 2.48. The highest BCUT2D eigenvalue weighted by Crippen LogP contribution is 1.91. The Labute approximate surface area is 49.7 Å². The molecule has 1 nitrogen and oxygen atoms in total. The first-order valence-corrected chi connectivity index (χ1v) is 2.48. The van der Waals surface area contributed by atoms with Gasteiger partial charge in [0.25, 0.3) is 0 Å². The molecule has 0 aliphatic rings. The third-order valence-corrected chi connectivity index (χ3v) is 0.753. The molecule has 0 fully saturated rings. The fourth-order valence-corrected chi connectivity index (χ4v) is 0.380. The average molecular weight is 110 g/mol. The summed E-state index contributed by atoms with van der Waals surface area (Å²) >= 11 is 0. The van der Waals surface area contributed by atoms with Crippen molar-refractivity contribution in [2.24, 2.45) is 0 Å². The molecule has 0 amide bonds. The van der Waals surface area contributed by atoms with Crippen LogP contribution in [0.5, 0.6) is 0 Å². The van der Waals surface area contributed by atoms with Gasteiger partial charge in [-0.15, -0.1) is 0 Å². The summed E-state index contributed by atoms with van der Waals surface area (Å²) in [6.07, 6.45) is 3.20. The summed E-state index contributed by atoms with van der Waals surface area (Å²) in [5.41, 5.74) is 0.914. The molecule has 1 heteroatoms. The van der Waals surface area contributed by atoms with Crippen molar-refractivity contribution in [2.45, 2.75) is 13.8 Å². The summed E-state index contributed by atoms with van der Waals surface area (Å²) in [6.45, 7) is 6.86. The van der Waals surface area contributed by atoms with E-state index in [0.29, 0.717) is 0 Å². The van der Waals surface area contributed by atoms with Crippen LogP contribution < -0.4 is 0 Å². The van der Waals surface area contributed by atoms with Crippen LogP contribution in [0.2, 0.25) is 0 Å². The molecule has 0 spiro atoms. The third kappa shape index (κ3) is 3.34. The number of carbonyl (C=O) groups is 1. The summed E-state index contributed by atoms with van der Waals surface area (Å²) in [7, 11) is 0. The van der Waals surface area contributed by atoms with E-state index in [0.717, 1.165) is 5.57 Å². The monoisotopic (exact) mass is 110 g/mol. The van der Waals surface area contributed by atoms with E-state index in [1.165, 1.54) is 6.92 Å². The molecular formula is C7H10O. The second-order valence-electron chi connectivity index (χ2n) is 1.70. The van der Waals surface area contributed by atoms with E-state index >= 15 is 0 Å². The van der Waals surface area contributed by atoms with Crippen LogP contribution in [0, 0.1) is 0 Å².